The fourth-order valence-electron chi connectivity index (χ4n) is 1.04. The average Bonchev–Trinajstić information content (AvgIpc) is 1.98. The number of hydrogen-bond acceptors (Lipinski definition) is 3. The summed E-state index contributed by atoms with van der Waals surface area (Å²) in [6.07, 6.45) is 1.07. The van der Waals surface area contributed by atoms with E-state index in [0.717, 1.165) is 0 Å². The Morgan fingerprint density at radius 1 is 1.33 bits per heavy atom. The molecule has 0 rings (SSSR count). The van der Waals surface area contributed by atoms with Gasteiger partial charge in [-0.25, -0.2) is 4.79 Å². The molecule has 0 aromatic heterocycles. The Kier molecular flexibility index (Phi) is 4.58. The van der Waals surface area contributed by atoms with Crippen LogP contribution < -0.4 is 0 Å². The second kappa shape index (κ2) is 4.92. The average molecular weight is 192 g/mol. The molecule has 0 saturated heterocycles. The highest BCUT2D eigenvalue weighted by Gasteiger charge is 2.20. The second-order valence-corrected chi connectivity index (χ2v) is 3.33. The normalized spacial score (nSPS) is 9.92. The molecule has 0 atom stereocenters. The van der Waals surface area contributed by atoms with E-state index in [1.54, 1.807) is 13.8 Å². The molecule has 12 heavy (non-hydrogen) atoms. The van der Waals surface area contributed by atoms with Gasteiger partial charge in [0, 0.05) is 5.92 Å². The van der Waals surface area contributed by atoms with Gasteiger partial charge in [0.25, 0.3) is 0 Å². The van der Waals surface area contributed by atoms with Crippen LogP contribution >= 0.6 is 0 Å². The van der Waals surface area contributed by atoms with E-state index < -0.39 is 21.1 Å². The van der Waals surface area contributed by atoms with Crippen molar-refractivity contribution in [3.8, 4) is 0 Å². The smallest absolute Gasteiger partial charge is 0.347 e. The first kappa shape index (κ1) is 11.2. The van der Waals surface area contributed by atoms with Crippen LogP contribution in [0.5, 0.6) is 0 Å². The predicted molar refractivity (Wildman–Crippen MR) is 45.6 cm³/mol. The van der Waals surface area contributed by atoms with Crippen molar-refractivity contribution in [2.24, 2.45) is 5.92 Å². The summed E-state index contributed by atoms with van der Waals surface area (Å²) < 4.78 is 21.0. The van der Waals surface area contributed by atoms with Gasteiger partial charge in [-0.3, -0.25) is 0 Å². The molecule has 0 amide bonds. The summed E-state index contributed by atoms with van der Waals surface area (Å²) in [6, 6.07) is 0. The van der Waals surface area contributed by atoms with E-state index in [0.29, 0.717) is 12.8 Å². The molecule has 70 valence electrons. The van der Waals surface area contributed by atoms with Crippen molar-refractivity contribution in [2.45, 2.75) is 26.7 Å². The zero-order valence-electron chi connectivity index (χ0n) is 7.07. The molecule has 0 aliphatic heterocycles. The molecule has 4 nitrogen and oxygen atoms in total. The Hall–Kier alpha value is -0.840. The molecule has 0 radical (unpaired) electrons. The molecule has 0 heterocycles. The van der Waals surface area contributed by atoms with Crippen LogP contribution in [0.3, 0.4) is 0 Å². The number of carbonyl (C=O) groups is 1. The Morgan fingerprint density at radius 3 is 1.83 bits per heavy atom. The highest BCUT2D eigenvalue weighted by molar-refractivity contribution is 7.74. The maximum Gasteiger partial charge on any atom is 0.347 e. The van der Waals surface area contributed by atoms with E-state index in [1.165, 1.54) is 0 Å². The quantitative estimate of drug-likeness (QED) is 0.660. The van der Waals surface area contributed by atoms with Gasteiger partial charge in [0.2, 0.25) is 10.3 Å². The number of rotatable bonds is 4. The zero-order valence-corrected chi connectivity index (χ0v) is 7.89. The van der Waals surface area contributed by atoms with Crippen molar-refractivity contribution in [3.63, 3.8) is 0 Å². The minimum absolute atomic E-state index is 0.360. The Balaban J connectivity index is 5.02. The molecule has 0 aromatic carbocycles. The van der Waals surface area contributed by atoms with Crippen LogP contribution in [0.4, 0.5) is 0 Å². The highest BCUT2D eigenvalue weighted by atomic mass is 32.2. The molecule has 0 saturated carbocycles. The van der Waals surface area contributed by atoms with Gasteiger partial charge in [-0.15, -0.1) is 0 Å². The predicted octanol–water partition coefficient (Wildman–Crippen LogP) is 0.559. The third-order valence-electron chi connectivity index (χ3n) is 1.75. The van der Waals surface area contributed by atoms with E-state index in [4.69, 9.17) is 5.11 Å². The van der Waals surface area contributed by atoms with Gasteiger partial charge in [0.1, 0.15) is 0 Å². The molecule has 0 aliphatic rings. The lowest BCUT2D eigenvalue weighted by Gasteiger charge is -2.07. The Labute approximate surface area is 72.7 Å². The van der Waals surface area contributed by atoms with Crippen LogP contribution in [0.15, 0.2) is 0 Å². The molecule has 0 aromatic rings. The molecule has 5 heteroatoms. The van der Waals surface area contributed by atoms with Crippen LogP contribution in [0.25, 0.3) is 0 Å². The molecular formula is C7H12O4S. The standard InChI is InChI=1S/C7H12O4S/c1-3-5(4-2)6(7(8)9)12(10)11/h5H,3-4H2,1-2H3,(H,8,9). The second-order valence-electron chi connectivity index (χ2n) is 2.42. The van der Waals surface area contributed by atoms with Gasteiger partial charge in [-0.05, 0) is 12.8 Å². The topological polar surface area (TPSA) is 71.4 Å². The SMILES string of the molecule is CCC(CC)C(C(=O)O)=S(=O)=O. The van der Waals surface area contributed by atoms with Crippen LogP contribution in [-0.2, 0) is 15.1 Å². The summed E-state index contributed by atoms with van der Waals surface area (Å²) in [5.41, 5.74) is 0. The first-order chi connectivity index (χ1) is 5.54. The van der Waals surface area contributed by atoms with Crippen LogP contribution in [-0.4, -0.2) is 24.4 Å². The Bertz CT molecular complexity index is 277. The molecule has 1 N–H and O–H groups in total. The fraction of sp³-hybridized carbons (Fsp3) is 0.714. The first-order valence-corrected chi connectivity index (χ1v) is 4.81. The molecule has 0 unspecified atom stereocenters. The van der Waals surface area contributed by atoms with Gasteiger partial charge in [0.05, 0.1) is 0 Å². The van der Waals surface area contributed by atoms with Gasteiger partial charge >= 0.3 is 5.97 Å². The number of aliphatic carboxylic acids is 1. The highest BCUT2D eigenvalue weighted by Crippen LogP contribution is 2.09. The number of hydrogen-bond donors (Lipinski definition) is 1. The summed E-state index contributed by atoms with van der Waals surface area (Å²) in [5, 5.41) is 8.55. The minimum Gasteiger partial charge on any atom is -0.477 e. The first-order valence-electron chi connectivity index (χ1n) is 3.73. The van der Waals surface area contributed by atoms with Crippen molar-refractivity contribution in [3.05, 3.63) is 0 Å². The van der Waals surface area contributed by atoms with Crippen molar-refractivity contribution in [2.75, 3.05) is 0 Å². The maximum atomic E-state index is 10.5. The lowest BCUT2D eigenvalue weighted by Crippen LogP contribution is -2.23. The van der Waals surface area contributed by atoms with E-state index >= 15 is 0 Å². The summed E-state index contributed by atoms with van der Waals surface area (Å²) in [7, 11) is -2.60. The lowest BCUT2D eigenvalue weighted by molar-refractivity contribution is -0.129. The van der Waals surface area contributed by atoms with Gasteiger partial charge in [-0.2, -0.15) is 8.42 Å². The number of carboxylic acids is 1. The van der Waals surface area contributed by atoms with Crippen molar-refractivity contribution in [1.29, 1.82) is 0 Å². The lowest BCUT2D eigenvalue weighted by atomic mass is 10.00. The third kappa shape index (κ3) is 2.65. The molecule has 0 bridgehead atoms. The van der Waals surface area contributed by atoms with Gasteiger partial charge < -0.3 is 5.11 Å². The monoisotopic (exact) mass is 192 g/mol. The zero-order chi connectivity index (χ0) is 9.72. The summed E-state index contributed by atoms with van der Waals surface area (Å²) >= 11 is 0. The maximum absolute atomic E-state index is 10.5. The fourth-order valence-corrected chi connectivity index (χ4v) is 1.79. The molecule has 0 spiro atoms. The third-order valence-corrected chi connectivity index (χ3v) is 2.61. The molecule has 0 fully saturated rings. The van der Waals surface area contributed by atoms with Gasteiger partial charge in [-0.1, -0.05) is 13.8 Å². The minimum atomic E-state index is -2.60. The van der Waals surface area contributed by atoms with Crippen molar-refractivity contribution in [1.82, 2.24) is 0 Å². The van der Waals surface area contributed by atoms with Crippen LogP contribution in [0.2, 0.25) is 0 Å². The largest absolute Gasteiger partial charge is 0.477 e. The van der Waals surface area contributed by atoms with Crippen molar-refractivity contribution >= 4 is 21.1 Å². The van der Waals surface area contributed by atoms with Crippen LogP contribution in [0.1, 0.15) is 26.7 Å². The van der Waals surface area contributed by atoms with Crippen molar-refractivity contribution < 1.29 is 18.3 Å². The van der Waals surface area contributed by atoms with Gasteiger partial charge in [0.15, 0.2) is 4.86 Å². The van der Waals surface area contributed by atoms with E-state index in [2.05, 4.69) is 0 Å². The summed E-state index contributed by atoms with van der Waals surface area (Å²) in [5.74, 6) is -1.70. The molecular weight excluding hydrogens is 180 g/mol. The van der Waals surface area contributed by atoms with Crippen LogP contribution in [0, 0.1) is 5.92 Å². The van der Waals surface area contributed by atoms with E-state index in [9.17, 15) is 13.2 Å². The Morgan fingerprint density at radius 2 is 1.75 bits per heavy atom. The van der Waals surface area contributed by atoms with E-state index in [-0.39, 0.29) is 5.92 Å². The summed E-state index contributed by atoms with van der Waals surface area (Å²) in [4.78, 5) is 10.1. The molecule has 0 aliphatic carbocycles. The summed E-state index contributed by atoms with van der Waals surface area (Å²) in [6.45, 7) is 3.54. The van der Waals surface area contributed by atoms with E-state index in [1.807, 2.05) is 0 Å². The number of carboxylic acid groups (broad SMARTS) is 1.